The van der Waals surface area contributed by atoms with Gasteiger partial charge in [0.15, 0.2) is 0 Å². The first-order valence-electron chi connectivity index (χ1n) is 7.71. The standard InChI is InChI=1S/C13H14N6O6/c20-17(21)8-6-11(18(22)23)13(12(7-8)19(24)25)16-10-5-3-1-2-4-9(10)14-15-16/h6-7,9-10H,1-5H2. The van der Waals surface area contributed by atoms with E-state index in [1.165, 1.54) is 5.01 Å². The molecule has 1 aromatic carbocycles. The van der Waals surface area contributed by atoms with Gasteiger partial charge in [0.1, 0.15) is 0 Å². The van der Waals surface area contributed by atoms with Crippen LogP contribution in [0.2, 0.25) is 0 Å². The summed E-state index contributed by atoms with van der Waals surface area (Å²) in [6, 6.07) is 0.947. The second-order valence-corrected chi connectivity index (χ2v) is 5.93. The number of benzene rings is 1. The van der Waals surface area contributed by atoms with Crippen LogP contribution in [0, 0.1) is 30.3 Å². The molecule has 1 aromatic rings. The van der Waals surface area contributed by atoms with Crippen LogP contribution in [0.5, 0.6) is 0 Å². The summed E-state index contributed by atoms with van der Waals surface area (Å²) in [6.07, 6.45) is 4.18. The molecule has 1 aliphatic heterocycles. The van der Waals surface area contributed by atoms with Crippen LogP contribution in [0.3, 0.4) is 0 Å². The molecular formula is C13H14N6O6. The van der Waals surface area contributed by atoms with E-state index in [2.05, 4.69) is 10.3 Å². The van der Waals surface area contributed by atoms with Crippen LogP contribution >= 0.6 is 0 Å². The Morgan fingerprint density at radius 3 is 2.08 bits per heavy atom. The van der Waals surface area contributed by atoms with Crippen molar-refractivity contribution in [1.82, 2.24) is 0 Å². The van der Waals surface area contributed by atoms with E-state index in [1.807, 2.05) is 0 Å². The van der Waals surface area contributed by atoms with Gasteiger partial charge in [-0.1, -0.05) is 24.5 Å². The van der Waals surface area contributed by atoms with Crippen LogP contribution in [0.4, 0.5) is 22.7 Å². The van der Waals surface area contributed by atoms with Crippen LogP contribution in [-0.4, -0.2) is 26.9 Å². The third-order valence-corrected chi connectivity index (χ3v) is 4.44. The zero-order valence-electron chi connectivity index (χ0n) is 13.0. The molecule has 0 radical (unpaired) electrons. The number of hydrogen-bond donors (Lipinski definition) is 0. The Balaban J connectivity index is 2.17. The molecule has 2 aliphatic rings. The van der Waals surface area contributed by atoms with Gasteiger partial charge in [-0.05, 0) is 12.8 Å². The average Bonchev–Trinajstić information content (AvgIpc) is 2.81. The minimum atomic E-state index is -0.899. The van der Waals surface area contributed by atoms with Crippen LogP contribution in [0.25, 0.3) is 0 Å². The maximum absolute atomic E-state index is 11.4. The Bertz CT molecular complexity index is 745. The number of nitrogens with zero attached hydrogens (tertiary/aromatic N) is 6. The Kier molecular flexibility index (Phi) is 4.25. The molecule has 0 N–H and O–H groups in total. The zero-order chi connectivity index (χ0) is 18.1. The lowest BCUT2D eigenvalue weighted by molar-refractivity contribution is -0.402. The molecule has 132 valence electrons. The van der Waals surface area contributed by atoms with Crippen molar-refractivity contribution in [2.75, 3.05) is 5.01 Å². The summed E-state index contributed by atoms with van der Waals surface area (Å²) in [5, 5.41) is 43.0. The quantitative estimate of drug-likeness (QED) is 0.595. The molecule has 2 unspecified atom stereocenters. The van der Waals surface area contributed by atoms with E-state index in [0.717, 1.165) is 37.8 Å². The molecule has 3 rings (SSSR count). The summed E-state index contributed by atoms with van der Waals surface area (Å²) in [6.45, 7) is 0. The van der Waals surface area contributed by atoms with Crippen molar-refractivity contribution in [3.05, 3.63) is 42.5 Å². The molecule has 25 heavy (non-hydrogen) atoms. The summed E-state index contributed by atoms with van der Waals surface area (Å²) in [5.41, 5.74) is -2.50. The van der Waals surface area contributed by atoms with Gasteiger partial charge in [-0.25, -0.2) is 5.01 Å². The minimum absolute atomic E-state index is 0.183. The molecule has 1 saturated carbocycles. The Hall–Kier alpha value is -3.18. The summed E-state index contributed by atoms with van der Waals surface area (Å²) < 4.78 is 0. The van der Waals surface area contributed by atoms with Gasteiger partial charge in [0.2, 0.25) is 5.69 Å². The van der Waals surface area contributed by atoms with Crippen LogP contribution in [0.1, 0.15) is 32.1 Å². The highest BCUT2D eigenvalue weighted by Gasteiger charge is 2.42. The van der Waals surface area contributed by atoms with Gasteiger partial charge >= 0.3 is 11.4 Å². The first-order valence-corrected chi connectivity index (χ1v) is 7.71. The number of anilines is 1. The van der Waals surface area contributed by atoms with E-state index in [1.54, 1.807) is 0 Å². The van der Waals surface area contributed by atoms with Gasteiger partial charge in [-0.15, -0.1) is 0 Å². The topological polar surface area (TPSA) is 157 Å². The summed E-state index contributed by atoms with van der Waals surface area (Å²) in [7, 11) is 0. The number of nitro groups is 3. The molecular weight excluding hydrogens is 336 g/mol. The molecule has 1 heterocycles. The second kappa shape index (κ2) is 6.37. The van der Waals surface area contributed by atoms with Crippen molar-refractivity contribution in [2.45, 2.75) is 44.2 Å². The molecule has 1 aliphatic carbocycles. The normalized spacial score (nSPS) is 22.3. The first kappa shape index (κ1) is 16.7. The van der Waals surface area contributed by atoms with Crippen molar-refractivity contribution in [3.63, 3.8) is 0 Å². The molecule has 2 atom stereocenters. The van der Waals surface area contributed by atoms with Gasteiger partial charge < -0.3 is 0 Å². The van der Waals surface area contributed by atoms with Crippen molar-refractivity contribution >= 4 is 22.7 Å². The van der Waals surface area contributed by atoms with Crippen LogP contribution in [-0.2, 0) is 0 Å². The number of fused-ring (bicyclic) bond motifs is 1. The lowest BCUT2D eigenvalue weighted by Gasteiger charge is -2.23. The highest BCUT2D eigenvalue weighted by atomic mass is 16.6. The van der Waals surface area contributed by atoms with Crippen molar-refractivity contribution in [2.24, 2.45) is 10.3 Å². The Morgan fingerprint density at radius 2 is 1.52 bits per heavy atom. The SMILES string of the molecule is O=[N+]([O-])c1cc([N+](=O)[O-])c(N2N=NC3CCCCCC32)c([N+](=O)[O-])c1. The summed E-state index contributed by atoms with van der Waals surface area (Å²) in [4.78, 5) is 31.2. The number of nitro benzene ring substituents is 3. The van der Waals surface area contributed by atoms with E-state index in [9.17, 15) is 30.3 Å². The fraction of sp³-hybridized carbons (Fsp3) is 0.538. The maximum Gasteiger partial charge on any atom is 0.308 e. The van der Waals surface area contributed by atoms with Gasteiger partial charge in [0, 0.05) is 0 Å². The van der Waals surface area contributed by atoms with Crippen LogP contribution < -0.4 is 5.01 Å². The fourth-order valence-corrected chi connectivity index (χ4v) is 3.30. The molecule has 0 bridgehead atoms. The van der Waals surface area contributed by atoms with E-state index < -0.39 is 31.8 Å². The molecule has 12 heteroatoms. The van der Waals surface area contributed by atoms with Gasteiger partial charge in [0.25, 0.3) is 5.69 Å². The number of non-ortho nitro benzene ring substituents is 1. The third kappa shape index (κ3) is 2.97. The van der Waals surface area contributed by atoms with E-state index in [4.69, 9.17) is 0 Å². The van der Waals surface area contributed by atoms with Gasteiger partial charge in [-0.2, -0.15) is 5.11 Å². The zero-order valence-corrected chi connectivity index (χ0v) is 13.0. The van der Waals surface area contributed by atoms with Crippen LogP contribution in [0.15, 0.2) is 22.5 Å². The van der Waals surface area contributed by atoms with Crippen molar-refractivity contribution in [1.29, 1.82) is 0 Å². The Labute approximate surface area is 140 Å². The van der Waals surface area contributed by atoms with Gasteiger partial charge in [-0.3, -0.25) is 30.3 Å². The Morgan fingerprint density at radius 1 is 0.920 bits per heavy atom. The van der Waals surface area contributed by atoms with E-state index in [-0.39, 0.29) is 17.8 Å². The fourth-order valence-electron chi connectivity index (χ4n) is 3.30. The van der Waals surface area contributed by atoms with E-state index >= 15 is 0 Å². The van der Waals surface area contributed by atoms with E-state index in [0.29, 0.717) is 6.42 Å². The predicted octanol–water partition coefficient (Wildman–Crippen LogP) is 3.30. The molecule has 0 spiro atoms. The number of rotatable bonds is 4. The van der Waals surface area contributed by atoms with Gasteiger partial charge in [0.05, 0.1) is 39.0 Å². The highest BCUT2D eigenvalue weighted by molar-refractivity contribution is 5.78. The maximum atomic E-state index is 11.4. The highest BCUT2D eigenvalue weighted by Crippen LogP contribution is 2.45. The first-order chi connectivity index (χ1) is 11.9. The second-order valence-electron chi connectivity index (χ2n) is 5.93. The van der Waals surface area contributed by atoms with Crippen molar-refractivity contribution < 1.29 is 14.8 Å². The predicted molar refractivity (Wildman–Crippen MR) is 84.4 cm³/mol. The number of hydrogen-bond acceptors (Lipinski definition) is 9. The third-order valence-electron chi connectivity index (χ3n) is 4.44. The minimum Gasteiger partial charge on any atom is -0.258 e. The summed E-state index contributed by atoms with van der Waals surface area (Å²) in [5.74, 6) is 0. The molecule has 12 nitrogen and oxygen atoms in total. The monoisotopic (exact) mass is 350 g/mol. The molecule has 0 aromatic heterocycles. The molecule has 0 saturated heterocycles. The molecule has 1 fully saturated rings. The lowest BCUT2D eigenvalue weighted by Crippen LogP contribution is -2.34. The summed E-state index contributed by atoms with van der Waals surface area (Å²) >= 11 is 0. The largest absolute Gasteiger partial charge is 0.308 e. The molecule has 0 amide bonds. The smallest absolute Gasteiger partial charge is 0.258 e. The van der Waals surface area contributed by atoms with Crippen molar-refractivity contribution in [3.8, 4) is 0 Å². The lowest BCUT2D eigenvalue weighted by atomic mass is 10.0. The average molecular weight is 350 g/mol.